The summed E-state index contributed by atoms with van der Waals surface area (Å²) in [6.45, 7) is 3.65. The number of amides is 3. The Bertz CT molecular complexity index is 757. The van der Waals surface area contributed by atoms with E-state index in [1.165, 1.54) is 16.2 Å². The maximum Gasteiger partial charge on any atom is 0.249 e. The van der Waals surface area contributed by atoms with Crippen LogP contribution in [0.1, 0.15) is 38.1 Å². The molecule has 4 aliphatic rings. The van der Waals surface area contributed by atoms with Crippen LogP contribution in [0.25, 0.3) is 0 Å². The number of carbonyl (C=O) groups excluding carboxylic acids is 3. The molecule has 26 heavy (non-hydrogen) atoms. The third-order valence-corrected chi connectivity index (χ3v) is 6.62. The second-order valence-corrected chi connectivity index (χ2v) is 8.37. The first-order valence-corrected chi connectivity index (χ1v) is 10.0. The Labute approximate surface area is 155 Å². The maximum atomic E-state index is 12.9. The summed E-state index contributed by atoms with van der Waals surface area (Å²) in [6, 6.07) is -0.849. The smallest absolute Gasteiger partial charge is 0.249 e. The summed E-state index contributed by atoms with van der Waals surface area (Å²) in [4.78, 5) is 39.6. The molecular weight excluding hydrogens is 352 g/mol. The van der Waals surface area contributed by atoms with Crippen molar-refractivity contribution in [2.24, 2.45) is 23.7 Å². The second kappa shape index (κ2) is 6.57. The van der Waals surface area contributed by atoms with Gasteiger partial charge in [0.05, 0.1) is 11.8 Å². The van der Waals surface area contributed by atoms with Crippen LogP contribution in [-0.2, 0) is 20.8 Å². The summed E-state index contributed by atoms with van der Waals surface area (Å²) in [5.41, 5.74) is 0. The zero-order valence-corrected chi connectivity index (χ0v) is 15.7. The summed E-state index contributed by atoms with van der Waals surface area (Å²) < 4.78 is 0. The van der Waals surface area contributed by atoms with Crippen LogP contribution in [0.2, 0.25) is 0 Å². The summed E-state index contributed by atoms with van der Waals surface area (Å²) in [5.74, 6) is -1.14. The Kier molecular flexibility index (Phi) is 4.38. The molecule has 1 saturated heterocycles. The standard InChI is InChI=1S/C18H22N4O3S/c1-3-4-12-20-21-18(26-12)19-15(23)9(2)22-16(24)13-10-5-6-11(8-7-10)14(13)17(22)25/h5-6,9-11,13-14H,3-4,7-8H2,1-2H3,(H,19,21,23)/t9-,10+,11+,13-,14+/m1/s1. The van der Waals surface area contributed by atoms with Crippen molar-refractivity contribution in [2.45, 2.75) is 45.6 Å². The van der Waals surface area contributed by atoms with Crippen molar-refractivity contribution < 1.29 is 14.4 Å². The molecule has 3 amide bonds. The van der Waals surface area contributed by atoms with Gasteiger partial charge in [-0.25, -0.2) is 0 Å². The zero-order valence-electron chi connectivity index (χ0n) is 14.8. The number of likely N-dealkylation sites (tertiary alicyclic amines) is 1. The average molecular weight is 374 g/mol. The van der Waals surface area contributed by atoms with Gasteiger partial charge in [0.25, 0.3) is 0 Å². The van der Waals surface area contributed by atoms with Gasteiger partial charge in [-0.2, -0.15) is 0 Å². The molecule has 1 aromatic heterocycles. The number of anilines is 1. The molecule has 1 saturated carbocycles. The third-order valence-electron chi connectivity index (χ3n) is 5.72. The molecule has 2 heterocycles. The highest BCUT2D eigenvalue weighted by Crippen LogP contribution is 2.49. The molecular formula is C18H22N4O3S. The number of aromatic nitrogens is 2. The first-order valence-electron chi connectivity index (χ1n) is 9.19. The number of nitrogens with one attached hydrogen (secondary N) is 1. The number of nitrogens with zero attached hydrogens (tertiary/aromatic N) is 3. The molecule has 2 fully saturated rings. The van der Waals surface area contributed by atoms with Gasteiger partial charge >= 0.3 is 0 Å². The van der Waals surface area contributed by atoms with E-state index in [0.717, 1.165) is 30.7 Å². The first kappa shape index (κ1) is 17.3. The van der Waals surface area contributed by atoms with Gasteiger partial charge < -0.3 is 0 Å². The van der Waals surface area contributed by atoms with E-state index >= 15 is 0 Å². The van der Waals surface area contributed by atoms with Gasteiger partial charge in [-0.15, -0.1) is 10.2 Å². The molecule has 0 unspecified atom stereocenters. The molecule has 1 N–H and O–H groups in total. The highest BCUT2D eigenvalue weighted by Gasteiger charge is 2.58. The Morgan fingerprint density at radius 3 is 2.38 bits per heavy atom. The van der Waals surface area contributed by atoms with Crippen molar-refractivity contribution in [3.05, 3.63) is 17.2 Å². The van der Waals surface area contributed by atoms with Crippen molar-refractivity contribution in [1.82, 2.24) is 15.1 Å². The van der Waals surface area contributed by atoms with E-state index in [9.17, 15) is 14.4 Å². The van der Waals surface area contributed by atoms with E-state index in [1.807, 2.05) is 6.92 Å². The summed E-state index contributed by atoms with van der Waals surface area (Å²) in [6.07, 6.45) is 7.80. The number of allylic oxidation sites excluding steroid dienone is 2. The van der Waals surface area contributed by atoms with Gasteiger partial charge in [0.1, 0.15) is 11.0 Å². The molecule has 0 aromatic carbocycles. The van der Waals surface area contributed by atoms with Crippen LogP contribution < -0.4 is 5.32 Å². The number of rotatable bonds is 5. The minimum atomic E-state index is -0.849. The molecule has 7 nitrogen and oxygen atoms in total. The predicted molar refractivity (Wildman–Crippen MR) is 96.2 cm³/mol. The summed E-state index contributed by atoms with van der Waals surface area (Å²) in [7, 11) is 0. The first-order chi connectivity index (χ1) is 12.5. The zero-order chi connectivity index (χ0) is 18.4. The molecule has 5 atom stereocenters. The molecule has 8 heteroatoms. The van der Waals surface area contributed by atoms with Gasteiger partial charge in [0.2, 0.25) is 22.9 Å². The highest BCUT2D eigenvalue weighted by molar-refractivity contribution is 7.15. The van der Waals surface area contributed by atoms with Crippen molar-refractivity contribution in [3.8, 4) is 0 Å². The van der Waals surface area contributed by atoms with Gasteiger partial charge in [-0.1, -0.05) is 30.4 Å². The van der Waals surface area contributed by atoms with Crippen molar-refractivity contribution >= 4 is 34.2 Å². The largest absolute Gasteiger partial charge is 0.299 e. The lowest BCUT2D eigenvalue weighted by Gasteiger charge is -2.38. The van der Waals surface area contributed by atoms with Crippen molar-refractivity contribution in [3.63, 3.8) is 0 Å². The van der Waals surface area contributed by atoms with E-state index in [2.05, 4.69) is 27.7 Å². The third kappa shape index (κ3) is 2.67. The minimum absolute atomic E-state index is 0.126. The number of hydrogen-bond donors (Lipinski definition) is 1. The minimum Gasteiger partial charge on any atom is -0.299 e. The second-order valence-electron chi connectivity index (χ2n) is 7.30. The average Bonchev–Trinajstić information content (AvgIpc) is 3.19. The lowest BCUT2D eigenvalue weighted by atomic mass is 9.63. The molecule has 3 aliphatic carbocycles. The van der Waals surface area contributed by atoms with Gasteiger partial charge in [-0.05, 0) is 38.0 Å². The number of imide groups is 1. The maximum absolute atomic E-state index is 12.9. The van der Waals surface area contributed by atoms with Crippen LogP contribution in [0, 0.1) is 23.7 Å². The molecule has 1 aliphatic heterocycles. The van der Waals surface area contributed by atoms with Crippen LogP contribution in [0.3, 0.4) is 0 Å². The topological polar surface area (TPSA) is 92.3 Å². The molecule has 1 aromatic rings. The Balaban J connectivity index is 1.49. The summed E-state index contributed by atoms with van der Waals surface area (Å²) in [5, 5.41) is 12.0. The number of hydrogen-bond acceptors (Lipinski definition) is 6. The quantitative estimate of drug-likeness (QED) is 0.629. The van der Waals surface area contributed by atoms with Gasteiger partial charge in [0.15, 0.2) is 0 Å². The van der Waals surface area contributed by atoms with E-state index < -0.39 is 11.9 Å². The monoisotopic (exact) mass is 374 g/mol. The fourth-order valence-corrected chi connectivity index (χ4v) is 5.27. The fourth-order valence-electron chi connectivity index (χ4n) is 4.43. The lowest BCUT2D eigenvalue weighted by Crippen LogP contribution is -2.46. The fraction of sp³-hybridized carbons (Fsp3) is 0.611. The number of carbonyl (C=O) groups is 3. The SMILES string of the molecule is CCCc1nnc(NC(=O)[C@@H](C)N2C(=O)[C@@H]3[C@H](C2=O)[C@H]2C=C[C@H]3CC2)s1. The Morgan fingerprint density at radius 1 is 1.23 bits per heavy atom. The van der Waals surface area contributed by atoms with Crippen molar-refractivity contribution in [1.29, 1.82) is 0 Å². The molecule has 138 valence electrons. The van der Waals surface area contributed by atoms with E-state index in [-0.39, 0.29) is 35.5 Å². The molecule has 5 rings (SSSR count). The van der Waals surface area contributed by atoms with Crippen LogP contribution >= 0.6 is 11.3 Å². The normalized spacial score (nSPS) is 30.6. The van der Waals surface area contributed by atoms with Gasteiger partial charge in [-0.3, -0.25) is 24.6 Å². The Hall–Kier alpha value is -2.09. The van der Waals surface area contributed by atoms with Crippen molar-refractivity contribution in [2.75, 3.05) is 5.32 Å². The van der Waals surface area contributed by atoms with E-state index in [4.69, 9.17) is 0 Å². The number of aryl methyl sites for hydroxylation is 1. The lowest BCUT2D eigenvalue weighted by molar-refractivity contribution is -0.146. The van der Waals surface area contributed by atoms with E-state index in [1.54, 1.807) is 6.92 Å². The molecule has 0 radical (unpaired) electrons. The van der Waals surface area contributed by atoms with Gasteiger partial charge in [0, 0.05) is 6.42 Å². The van der Waals surface area contributed by atoms with Crippen LogP contribution in [0.5, 0.6) is 0 Å². The van der Waals surface area contributed by atoms with Crippen LogP contribution in [0.4, 0.5) is 5.13 Å². The molecule has 2 bridgehead atoms. The Morgan fingerprint density at radius 2 is 1.85 bits per heavy atom. The predicted octanol–water partition coefficient (Wildman–Crippen LogP) is 2.01. The molecule has 0 spiro atoms. The van der Waals surface area contributed by atoms with Crippen LogP contribution in [-0.4, -0.2) is 38.9 Å². The highest BCUT2D eigenvalue weighted by atomic mass is 32.1. The van der Waals surface area contributed by atoms with Crippen LogP contribution in [0.15, 0.2) is 12.2 Å². The number of fused-ring (bicyclic) bond motifs is 1. The summed E-state index contributed by atoms with van der Waals surface area (Å²) >= 11 is 1.33. The van der Waals surface area contributed by atoms with E-state index in [0.29, 0.717) is 5.13 Å².